The summed E-state index contributed by atoms with van der Waals surface area (Å²) < 4.78 is 0.934. The van der Waals surface area contributed by atoms with Crippen LogP contribution in [0.4, 0.5) is 0 Å². The van der Waals surface area contributed by atoms with Gasteiger partial charge in [0.2, 0.25) is 0 Å². The highest BCUT2D eigenvalue weighted by atomic mass is 79.9. The van der Waals surface area contributed by atoms with Crippen LogP contribution < -0.4 is 0 Å². The smallest absolute Gasteiger partial charge is 0.106 e. The van der Waals surface area contributed by atoms with Gasteiger partial charge in [0.25, 0.3) is 0 Å². The molecule has 1 aliphatic carbocycles. The maximum atomic E-state index is 4.62. The van der Waals surface area contributed by atoms with Crippen molar-refractivity contribution in [3.8, 4) is 0 Å². The van der Waals surface area contributed by atoms with E-state index in [0.717, 1.165) is 17.4 Å². The third kappa shape index (κ3) is 3.37. The average Bonchev–Trinajstić information content (AvgIpc) is 2.49. The largest absolute Gasteiger partial charge is 0.246 e. The molecule has 1 aromatic carbocycles. The maximum Gasteiger partial charge on any atom is 0.106 e. The molecule has 2 unspecified atom stereocenters. The van der Waals surface area contributed by atoms with Gasteiger partial charge in [-0.05, 0) is 58.8 Å². The third-order valence-electron chi connectivity index (χ3n) is 3.91. The summed E-state index contributed by atoms with van der Waals surface area (Å²) in [6.07, 6.45) is 8.12. The number of benzene rings is 1. The average molecular weight is 328 g/mol. The molecule has 0 saturated carbocycles. The van der Waals surface area contributed by atoms with Gasteiger partial charge in [0.1, 0.15) is 4.60 Å². The number of pyridine rings is 1. The minimum Gasteiger partial charge on any atom is -0.246 e. The summed E-state index contributed by atoms with van der Waals surface area (Å²) in [5, 5.41) is 0. The molecule has 2 aromatic rings. The van der Waals surface area contributed by atoms with Crippen LogP contribution in [0.5, 0.6) is 0 Å². The molecule has 0 radical (unpaired) electrons. The minimum atomic E-state index is 0.547. The van der Waals surface area contributed by atoms with Crippen LogP contribution in [0.25, 0.3) is 0 Å². The van der Waals surface area contributed by atoms with E-state index in [1.54, 1.807) is 0 Å². The van der Waals surface area contributed by atoms with Crippen molar-refractivity contribution in [1.82, 2.24) is 4.98 Å². The standard InChI is InChI=1S/C18H18BrN/c19-18-11-5-10-17(20-18)16-9-4-8-15(13-16)12-14-6-2-1-3-7-14/h1-8,10-11,15-16H,9,12-13H2. The number of nitrogens with zero attached hydrogens (tertiary/aromatic N) is 1. The normalized spacial score (nSPS) is 21.9. The summed E-state index contributed by atoms with van der Waals surface area (Å²) in [4.78, 5) is 4.62. The van der Waals surface area contributed by atoms with Crippen LogP contribution in [0.3, 0.4) is 0 Å². The number of aromatic nitrogens is 1. The lowest BCUT2D eigenvalue weighted by Gasteiger charge is -2.24. The Bertz CT molecular complexity index is 591. The van der Waals surface area contributed by atoms with Gasteiger partial charge in [-0.25, -0.2) is 4.98 Å². The van der Waals surface area contributed by atoms with Crippen molar-refractivity contribution in [2.45, 2.75) is 25.2 Å². The molecular formula is C18H18BrN. The van der Waals surface area contributed by atoms with Crippen LogP contribution in [0.1, 0.15) is 30.0 Å². The van der Waals surface area contributed by atoms with Crippen LogP contribution in [-0.2, 0) is 6.42 Å². The molecule has 2 atom stereocenters. The van der Waals surface area contributed by atoms with Crippen molar-refractivity contribution in [2.75, 3.05) is 0 Å². The lowest BCUT2D eigenvalue weighted by Crippen LogP contribution is -2.13. The molecule has 0 spiro atoms. The summed E-state index contributed by atoms with van der Waals surface area (Å²) in [6, 6.07) is 17.0. The highest BCUT2D eigenvalue weighted by molar-refractivity contribution is 9.10. The van der Waals surface area contributed by atoms with Gasteiger partial charge < -0.3 is 0 Å². The SMILES string of the molecule is Brc1cccc(C2CC=CC(Cc3ccccc3)C2)n1. The summed E-state index contributed by atoms with van der Waals surface area (Å²) in [6.45, 7) is 0. The molecule has 0 N–H and O–H groups in total. The zero-order valence-corrected chi connectivity index (χ0v) is 13.0. The van der Waals surface area contributed by atoms with E-state index < -0.39 is 0 Å². The van der Waals surface area contributed by atoms with Crippen molar-refractivity contribution in [2.24, 2.45) is 5.92 Å². The Kier molecular flexibility index (Phi) is 4.31. The Morgan fingerprint density at radius 3 is 2.70 bits per heavy atom. The zero-order valence-electron chi connectivity index (χ0n) is 11.4. The van der Waals surface area contributed by atoms with E-state index >= 15 is 0 Å². The van der Waals surface area contributed by atoms with Gasteiger partial charge >= 0.3 is 0 Å². The second-order valence-electron chi connectivity index (χ2n) is 5.43. The summed E-state index contributed by atoms with van der Waals surface area (Å²) in [5.74, 6) is 1.17. The maximum absolute atomic E-state index is 4.62. The van der Waals surface area contributed by atoms with Crippen molar-refractivity contribution < 1.29 is 0 Å². The molecule has 1 aromatic heterocycles. The molecule has 0 bridgehead atoms. The van der Waals surface area contributed by atoms with Crippen LogP contribution in [-0.4, -0.2) is 4.98 Å². The Balaban J connectivity index is 1.71. The first kappa shape index (κ1) is 13.6. The van der Waals surface area contributed by atoms with Gasteiger partial charge in [-0.15, -0.1) is 0 Å². The predicted molar refractivity (Wildman–Crippen MR) is 86.7 cm³/mol. The van der Waals surface area contributed by atoms with Crippen molar-refractivity contribution >= 4 is 15.9 Å². The molecule has 102 valence electrons. The molecule has 2 heteroatoms. The van der Waals surface area contributed by atoms with Crippen LogP contribution in [0, 0.1) is 5.92 Å². The zero-order chi connectivity index (χ0) is 13.8. The van der Waals surface area contributed by atoms with Gasteiger partial charge in [0.05, 0.1) is 0 Å². The Morgan fingerprint density at radius 2 is 1.90 bits per heavy atom. The summed E-state index contributed by atoms with van der Waals surface area (Å²) in [5.41, 5.74) is 2.63. The van der Waals surface area contributed by atoms with Crippen molar-refractivity contribution in [3.63, 3.8) is 0 Å². The topological polar surface area (TPSA) is 12.9 Å². The van der Waals surface area contributed by atoms with Gasteiger partial charge in [0, 0.05) is 11.6 Å². The predicted octanol–water partition coefficient (Wildman–Crippen LogP) is 5.14. The second kappa shape index (κ2) is 6.36. The number of hydrogen-bond acceptors (Lipinski definition) is 1. The molecular weight excluding hydrogens is 310 g/mol. The van der Waals surface area contributed by atoms with E-state index in [4.69, 9.17) is 0 Å². The second-order valence-corrected chi connectivity index (χ2v) is 6.24. The van der Waals surface area contributed by atoms with E-state index in [2.05, 4.69) is 75.5 Å². The highest BCUT2D eigenvalue weighted by Crippen LogP contribution is 2.33. The van der Waals surface area contributed by atoms with Crippen LogP contribution >= 0.6 is 15.9 Å². The van der Waals surface area contributed by atoms with Crippen LogP contribution in [0.15, 0.2) is 65.3 Å². The van der Waals surface area contributed by atoms with Gasteiger partial charge in [-0.1, -0.05) is 48.6 Å². The van der Waals surface area contributed by atoms with E-state index in [0.29, 0.717) is 11.8 Å². The van der Waals surface area contributed by atoms with Crippen LogP contribution in [0.2, 0.25) is 0 Å². The fourth-order valence-electron chi connectivity index (χ4n) is 2.94. The molecule has 0 aliphatic heterocycles. The quantitative estimate of drug-likeness (QED) is 0.562. The molecule has 0 amide bonds. The molecule has 3 rings (SSSR count). The first-order valence-electron chi connectivity index (χ1n) is 7.14. The highest BCUT2D eigenvalue weighted by Gasteiger charge is 2.20. The Labute approximate surface area is 128 Å². The molecule has 1 nitrogen and oxygen atoms in total. The fraction of sp³-hybridized carbons (Fsp3) is 0.278. The monoisotopic (exact) mass is 327 g/mol. The van der Waals surface area contributed by atoms with Gasteiger partial charge in [-0.3, -0.25) is 0 Å². The molecule has 1 heterocycles. The van der Waals surface area contributed by atoms with E-state index in [1.165, 1.54) is 17.7 Å². The molecule has 20 heavy (non-hydrogen) atoms. The number of rotatable bonds is 3. The molecule has 0 fully saturated rings. The Morgan fingerprint density at radius 1 is 1.05 bits per heavy atom. The Hall–Kier alpha value is -1.41. The van der Waals surface area contributed by atoms with E-state index in [1.807, 2.05) is 6.07 Å². The van der Waals surface area contributed by atoms with Crippen molar-refractivity contribution in [1.29, 1.82) is 0 Å². The van der Waals surface area contributed by atoms with E-state index in [9.17, 15) is 0 Å². The lowest BCUT2D eigenvalue weighted by molar-refractivity contribution is 0.475. The molecule has 0 saturated heterocycles. The number of allylic oxidation sites excluding steroid dienone is 2. The van der Waals surface area contributed by atoms with Gasteiger partial charge in [-0.2, -0.15) is 0 Å². The number of hydrogen-bond donors (Lipinski definition) is 0. The van der Waals surface area contributed by atoms with Gasteiger partial charge in [0.15, 0.2) is 0 Å². The minimum absolute atomic E-state index is 0.547. The fourth-order valence-corrected chi connectivity index (χ4v) is 3.29. The summed E-state index contributed by atoms with van der Waals surface area (Å²) >= 11 is 3.47. The van der Waals surface area contributed by atoms with Crippen molar-refractivity contribution in [3.05, 3.63) is 76.5 Å². The van der Waals surface area contributed by atoms with E-state index in [-0.39, 0.29) is 0 Å². The third-order valence-corrected chi connectivity index (χ3v) is 4.35. The lowest BCUT2D eigenvalue weighted by atomic mass is 9.81. The first-order valence-corrected chi connectivity index (χ1v) is 7.93. The molecule has 1 aliphatic rings. The number of halogens is 1. The first-order chi connectivity index (χ1) is 9.81. The summed E-state index contributed by atoms with van der Waals surface area (Å²) in [7, 11) is 0.